The van der Waals surface area contributed by atoms with Crippen LogP contribution in [0.4, 0.5) is 0 Å². The molecule has 2 aromatic rings. The van der Waals surface area contributed by atoms with E-state index in [-0.39, 0.29) is 18.7 Å². The Hall–Kier alpha value is -3.02. The quantitative estimate of drug-likeness (QED) is 0.844. The molecule has 1 aliphatic heterocycles. The van der Waals surface area contributed by atoms with Crippen molar-refractivity contribution >= 4 is 17.6 Å². The molecular formula is C19H20N2O4. The maximum absolute atomic E-state index is 12.5. The minimum absolute atomic E-state index is 0.0740. The second kappa shape index (κ2) is 7.25. The van der Waals surface area contributed by atoms with Crippen LogP contribution in [0.1, 0.15) is 42.7 Å². The van der Waals surface area contributed by atoms with Crippen LogP contribution in [0.2, 0.25) is 0 Å². The van der Waals surface area contributed by atoms with Gasteiger partial charge in [-0.15, -0.1) is 0 Å². The Labute approximate surface area is 145 Å². The smallest absolute Gasteiger partial charge is 0.303 e. The molecule has 130 valence electrons. The molecule has 3 rings (SSSR count). The molecule has 1 amide bonds. The molecule has 1 atom stereocenters. The lowest BCUT2D eigenvalue weighted by molar-refractivity contribution is -0.142. The van der Waals surface area contributed by atoms with E-state index in [0.29, 0.717) is 5.76 Å². The number of carbonyl (C=O) groups excluding carboxylic acids is 1. The molecule has 1 aromatic heterocycles. The zero-order valence-electron chi connectivity index (χ0n) is 13.9. The molecule has 0 radical (unpaired) electrons. The predicted molar refractivity (Wildman–Crippen MR) is 92.1 cm³/mol. The lowest BCUT2D eigenvalue weighted by Gasteiger charge is -2.23. The van der Waals surface area contributed by atoms with Crippen molar-refractivity contribution in [1.29, 1.82) is 0 Å². The van der Waals surface area contributed by atoms with Gasteiger partial charge in [-0.3, -0.25) is 15.0 Å². The second-order valence-corrected chi connectivity index (χ2v) is 5.86. The number of hydrazine groups is 1. The number of rotatable bonds is 6. The number of aryl methyl sites for hydroxylation is 1. The topological polar surface area (TPSA) is 82.8 Å². The van der Waals surface area contributed by atoms with Crippen molar-refractivity contribution in [2.24, 2.45) is 0 Å². The summed E-state index contributed by atoms with van der Waals surface area (Å²) in [6, 6.07) is 11.3. The molecule has 2 heterocycles. The first-order valence-corrected chi connectivity index (χ1v) is 8.23. The highest BCUT2D eigenvalue weighted by molar-refractivity contribution is 5.83. The van der Waals surface area contributed by atoms with Crippen LogP contribution < -0.4 is 5.43 Å². The SMILES string of the molecule is CCc1ccc(C2=C[C@@H](c3ccco3)N(C(=O)CCC(=O)O)N2)cc1. The van der Waals surface area contributed by atoms with E-state index in [2.05, 4.69) is 24.5 Å². The van der Waals surface area contributed by atoms with E-state index in [0.717, 1.165) is 17.7 Å². The summed E-state index contributed by atoms with van der Waals surface area (Å²) in [6.07, 6.45) is 4.15. The predicted octanol–water partition coefficient (Wildman–Crippen LogP) is 3.14. The Morgan fingerprint density at radius 1 is 1.20 bits per heavy atom. The molecule has 6 heteroatoms. The molecule has 1 aromatic carbocycles. The Morgan fingerprint density at radius 2 is 1.96 bits per heavy atom. The van der Waals surface area contributed by atoms with Crippen LogP contribution >= 0.6 is 0 Å². The van der Waals surface area contributed by atoms with Gasteiger partial charge in [0.1, 0.15) is 11.8 Å². The number of amides is 1. The Balaban J connectivity index is 1.84. The Morgan fingerprint density at radius 3 is 2.56 bits per heavy atom. The van der Waals surface area contributed by atoms with Crippen molar-refractivity contribution in [3.63, 3.8) is 0 Å². The first-order chi connectivity index (χ1) is 12.1. The minimum Gasteiger partial charge on any atom is -0.481 e. The van der Waals surface area contributed by atoms with Gasteiger partial charge in [-0.1, -0.05) is 31.2 Å². The fourth-order valence-electron chi connectivity index (χ4n) is 2.77. The van der Waals surface area contributed by atoms with Gasteiger partial charge in [0.05, 0.1) is 18.4 Å². The van der Waals surface area contributed by atoms with Crippen LogP contribution in [0.3, 0.4) is 0 Å². The molecular weight excluding hydrogens is 320 g/mol. The van der Waals surface area contributed by atoms with Crippen LogP contribution in [-0.4, -0.2) is 22.0 Å². The third-order valence-corrected chi connectivity index (χ3v) is 4.17. The summed E-state index contributed by atoms with van der Waals surface area (Å²) in [5.41, 5.74) is 6.09. The number of aliphatic carboxylic acids is 1. The van der Waals surface area contributed by atoms with Gasteiger partial charge >= 0.3 is 5.97 Å². The third kappa shape index (κ3) is 3.74. The number of nitrogens with one attached hydrogen (secondary N) is 1. The summed E-state index contributed by atoms with van der Waals surface area (Å²) in [4.78, 5) is 23.2. The van der Waals surface area contributed by atoms with Gasteiger partial charge in [0.15, 0.2) is 0 Å². The lowest BCUT2D eigenvalue weighted by atomic mass is 10.1. The summed E-state index contributed by atoms with van der Waals surface area (Å²) in [7, 11) is 0. The molecule has 6 nitrogen and oxygen atoms in total. The van der Waals surface area contributed by atoms with Crippen molar-refractivity contribution < 1.29 is 19.1 Å². The summed E-state index contributed by atoms with van der Waals surface area (Å²) in [5, 5.41) is 10.2. The molecule has 0 aliphatic carbocycles. The van der Waals surface area contributed by atoms with E-state index in [1.165, 1.54) is 10.6 Å². The lowest BCUT2D eigenvalue weighted by Crippen LogP contribution is -2.39. The van der Waals surface area contributed by atoms with E-state index < -0.39 is 12.0 Å². The van der Waals surface area contributed by atoms with Gasteiger partial charge in [0.2, 0.25) is 5.91 Å². The average molecular weight is 340 g/mol. The summed E-state index contributed by atoms with van der Waals surface area (Å²) in [5.74, 6) is -0.665. The highest BCUT2D eigenvalue weighted by atomic mass is 16.4. The highest BCUT2D eigenvalue weighted by Gasteiger charge is 2.32. The molecule has 0 spiro atoms. The highest BCUT2D eigenvalue weighted by Crippen LogP contribution is 2.32. The second-order valence-electron chi connectivity index (χ2n) is 5.86. The third-order valence-electron chi connectivity index (χ3n) is 4.17. The van der Waals surface area contributed by atoms with Crippen molar-refractivity contribution in [3.8, 4) is 0 Å². The van der Waals surface area contributed by atoms with Crippen LogP contribution in [-0.2, 0) is 16.0 Å². The van der Waals surface area contributed by atoms with Crippen molar-refractivity contribution in [2.45, 2.75) is 32.2 Å². The molecule has 25 heavy (non-hydrogen) atoms. The summed E-state index contributed by atoms with van der Waals surface area (Å²) in [6.45, 7) is 2.10. The van der Waals surface area contributed by atoms with Gasteiger partial charge in [-0.05, 0) is 35.8 Å². The zero-order chi connectivity index (χ0) is 17.8. The normalized spacial score (nSPS) is 16.4. The Kier molecular flexibility index (Phi) is 4.88. The number of carboxylic acids is 1. The van der Waals surface area contributed by atoms with Gasteiger partial charge in [-0.2, -0.15) is 0 Å². The van der Waals surface area contributed by atoms with Crippen LogP contribution in [0, 0.1) is 0 Å². The summed E-state index contributed by atoms with van der Waals surface area (Å²) >= 11 is 0. The molecule has 2 N–H and O–H groups in total. The van der Waals surface area contributed by atoms with Crippen LogP contribution in [0.5, 0.6) is 0 Å². The number of hydrogen-bond acceptors (Lipinski definition) is 4. The fourth-order valence-corrected chi connectivity index (χ4v) is 2.77. The molecule has 0 fully saturated rings. The average Bonchev–Trinajstić information content (AvgIpc) is 3.29. The number of hydrogen-bond donors (Lipinski definition) is 2. The molecule has 0 unspecified atom stereocenters. The molecule has 0 saturated heterocycles. The van der Waals surface area contributed by atoms with E-state index in [1.54, 1.807) is 18.4 Å². The number of benzene rings is 1. The van der Waals surface area contributed by atoms with Crippen molar-refractivity contribution in [3.05, 3.63) is 65.6 Å². The van der Waals surface area contributed by atoms with Gasteiger partial charge in [-0.25, -0.2) is 5.01 Å². The first-order valence-electron chi connectivity index (χ1n) is 8.23. The minimum atomic E-state index is -0.995. The van der Waals surface area contributed by atoms with E-state index in [1.807, 2.05) is 18.2 Å². The van der Waals surface area contributed by atoms with Crippen molar-refractivity contribution in [1.82, 2.24) is 10.4 Å². The monoisotopic (exact) mass is 340 g/mol. The first kappa shape index (κ1) is 16.8. The van der Waals surface area contributed by atoms with E-state index >= 15 is 0 Å². The number of carboxylic acid groups (broad SMARTS) is 1. The fraction of sp³-hybridized carbons (Fsp3) is 0.263. The number of furan rings is 1. The maximum Gasteiger partial charge on any atom is 0.303 e. The molecule has 0 saturated carbocycles. The number of carbonyl (C=O) groups is 2. The number of nitrogens with zero attached hydrogens (tertiary/aromatic N) is 1. The van der Waals surface area contributed by atoms with E-state index in [9.17, 15) is 9.59 Å². The van der Waals surface area contributed by atoms with Crippen molar-refractivity contribution in [2.75, 3.05) is 0 Å². The standard InChI is InChI=1S/C19H20N2O4/c1-2-13-5-7-14(8-6-13)15-12-16(17-4-3-11-25-17)21(20-15)18(22)9-10-19(23)24/h3-8,11-12,16,20H,2,9-10H2,1H3,(H,23,24)/t16-/m0/s1. The molecule has 0 bridgehead atoms. The summed E-state index contributed by atoms with van der Waals surface area (Å²) < 4.78 is 5.45. The van der Waals surface area contributed by atoms with Crippen LogP contribution in [0.15, 0.2) is 53.2 Å². The largest absolute Gasteiger partial charge is 0.481 e. The molecule has 1 aliphatic rings. The zero-order valence-corrected chi connectivity index (χ0v) is 13.9. The maximum atomic E-state index is 12.5. The van der Waals surface area contributed by atoms with E-state index in [4.69, 9.17) is 9.52 Å². The van der Waals surface area contributed by atoms with Crippen LogP contribution in [0.25, 0.3) is 5.70 Å². The van der Waals surface area contributed by atoms with Gasteiger partial charge in [0.25, 0.3) is 0 Å². The Bertz CT molecular complexity index is 778. The van der Waals surface area contributed by atoms with Gasteiger partial charge in [0, 0.05) is 6.42 Å². The van der Waals surface area contributed by atoms with Gasteiger partial charge < -0.3 is 9.52 Å².